The van der Waals surface area contributed by atoms with E-state index in [9.17, 15) is 4.79 Å². The number of carbonyl (C=O) groups is 1. The lowest BCUT2D eigenvalue weighted by atomic mass is 10.2. The van der Waals surface area contributed by atoms with Crippen molar-refractivity contribution >= 4 is 17.6 Å². The predicted molar refractivity (Wildman–Crippen MR) is 51.3 cm³/mol. The zero-order valence-corrected chi connectivity index (χ0v) is 8.12. The maximum absolute atomic E-state index is 11.4. The maximum atomic E-state index is 11.4. The van der Waals surface area contributed by atoms with E-state index in [2.05, 4.69) is 10.3 Å². The van der Waals surface area contributed by atoms with Crippen molar-refractivity contribution < 1.29 is 9.53 Å². The van der Waals surface area contributed by atoms with E-state index in [1.54, 1.807) is 6.07 Å². The Labute approximate surface area is 86.2 Å². The third-order valence-corrected chi connectivity index (χ3v) is 2.18. The lowest BCUT2D eigenvalue weighted by Crippen LogP contribution is -2.49. The van der Waals surface area contributed by atoms with Crippen LogP contribution in [0.3, 0.4) is 0 Å². The van der Waals surface area contributed by atoms with Gasteiger partial charge in [0.2, 0.25) is 0 Å². The summed E-state index contributed by atoms with van der Waals surface area (Å²) in [5.41, 5.74) is 0.254. The van der Waals surface area contributed by atoms with Crippen molar-refractivity contribution in [2.24, 2.45) is 0 Å². The van der Waals surface area contributed by atoms with E-state index in [4.69, 9.17) is 16.3 Å². The van der Waals surface area contributed by atoms with E-state index >= 15 is 0 Å². The summed E-state index contributed by atoms with van der Waals surface area (Å²) in [5.74, 6) is -0.418. The van der Waals surface area contributed by atoms with Crippen molar-refractivity contribution in [2.75, 3.05) is 13.1 Å². The van der Waals surface area contributed by atoms with Crippen LogP contribution >= 0.6 is 11.6 Å². The fourth-order valence-electron chi connectivity index (χ4n) is 1.07. The molecule has 0 aromatic carbocycles. The summed E-state index contributed by atoms with van der Waals surface area (Å²) in [4.78, 5) is 15.3. The molecule has 1 saturated heterocycles. The van der Waals surface area contributed by atoms with Crippen LogP contribution in [-0.2, 0) is 4.74 Å². The maximum Gasteiger partial charge on any atom is 0.357 e. The van der Waals surface area contributed by atoms with Gasteiger partial charge in [-0.25, -0.2) is 9.78 Å². The molecule has 2 rings (SSSR count). The van der Waals surface area contributed by atoms with Crippen molar-refractivity contribution in [2.45, 2.75) is 6.10 Å². The number of hydrogen-bond acceptors (Lipinski definition) is 4. The van der Waals surface area contributed by atoms with Crippen molar-refractivity contribution in [3.63, 3.8) is 0 Å². The molecule has 4 nitrogen and oxygen atoms in total. The van der Waals surface area contributed by atoms with Gasteiger partial charge in [-0.1, -0.05) is 11.6 Å². The van der Waals surface area contributed by atoms with Crippen LogP contribution in [0.4, 0.5) is 0 Å². The normalized spacial score (nSPS) is 16.1. The number of carbonyl (C=O) groups excluding carboxylic acids is 1. The molecule has 0 aliphatic carbocycles. The van der Waals surface area contributed by atoms with Crippen molar-refractivity contribution in [1.82, 2.24) is 10.3 Å². The Morgan fingerprint density at radius 2 is 2.43 bits per heavy atom. The lowest BCUT2D eigenvalue weighted by Gasteiger charge is -2.26. The van der Waals surface area contributed by atoms with Crippen LogP contribution in [0.15, 0.2) is 18.3 Å². The van der Waals surface area contributed by atoms with Gasteiger partial charge in [-0.05, 0) is 12.1 Å². The first-order valence-electron chi connectivity index (χ1n) is 4.29. The van der Waals surface area contributed by atoms with Crippen LogP contribution in [0.5, 0.6) is 0 Å². The standard InChI is InChI=1S/C9H9ClN2O2/c10-6-1-2-12-8(3-6)9(13)14-7-4-11-5-7/h1-3,7,11H,4-5H2. The molecule has 0 unspecified atom stereocenters. The molecule has 1 N–H and O–H groups in total. The van der Waals surface area contributed by atoms with E-state index in [0.29, 0.717) is 18.1 Å². The third kappa shape index (κ3) is 2.02. The number of halogens is 1. The molecule has 2 heterocycles. The van der Waals surface area contributed by atoms with Gasteiger partial charge in [0.1, 0.15) is 11.8 Å². The first-order chi connectivity index (χ1) is 6.75. The van der Waals surface area contributed by atoms with Gasteiger partial charge >= 0.3 is 5.97 Å². The molecule has 1 aromatic heterocycles. The SMILES string of the molecule is O=C(OC1CNC1)c1cc(Cl)ccn1. The molecule has 1 aromatic rings. The number of pyridine rings is 1. The van der Waals surface area contributed by atoms with Crippen LogP contribution in [-0.4, -0.2) is 30.1 Å². The number of nitrogens with one attached hydrogen (secondary N) is 1. The summed E-state index contributed by atoms with van der Waals surface area (Å²) >= 11 is 5.71. The molecule has 1 aliphatic rings. The number of nitrogens with zero attached hydrogens (tertiary/aromatic N) is 1. The molecule has 0 radical (unpaired) electrons. The summed E-state index contributed by atoms with van der Waals surface area (Å²) < 4.78 is 5.10. The minimum absolute atomic E-state index is 0.0247. The van der Waals surface area contributed by atoms with Crippen LogP contribution < -0.4 is 5.32 Å². The van der Waals surface area contributed by atoms with Crippen LogP contribution in [0.25, 0.3) is 0 Å². The van der Waals surface area contributed by atoms with E-state index in [1.165, 1.54) is 12.3 Å². The Kier molecular flexibility index (Phi) is 2.65. The summed E-state index contributed by atoms with van der Waals surface area (Å²) in [7, 11) is 0. The monoisotopic (exact) mass is 212 g/mol. The second-order valence-corrected chi connectivity index (χ2v) is 3.48. The highest BCUT2D eigenvalue weighted by atomic mass is 35.5. The zero-order chi connectivity index (χ0) is 9.97. The molecule has 0 spiro atoms. The highest BCUT2D eigenvalue weighted by molar-refractivity contribution is 6.30. The first kappa shape index (κ1) is 9.43. The molecule has 5 heteroatoms. The van der Waals surface area contributed by atoms with Crippen molar-refractivity contribution in [3.05, 3.63) is 29.0 Å². The van der Waals surface area contributed by atoms with Gasteiger partial charge in [-0.2, -0.15) is 0 Å². The number of aromatic nitrogens is 1. The van der Waals surface area contributed by atoms with Crippen LogP contribution in [0, 0.1) is 0 Å². The molecule has 1 fully saturated rings. The number of ether oxygens (including phenoxy) is 1. The van der Waals surface area contributed by atoms with Crippen LogP contribution in [0.1, 0.15) is 10.5 Å². The van der Waals surface area contributed by atoms with E-state index < -0.39 is 5.97 Å². The zero-order valence-electron chi connectivity index (χ0n) is 7.37. The average Bonchev–Trinajstić information content (AvgIpc) is 2.11. The van der Waals surface area contributed by atoms with Gasteiger partial charge in [-0.15, -0.1) is 0 Å². The van der Waals surface area contributed by atoms with E-state index in [-0.39, 0.29) is 11.8 Å². The van der Waals surface area contributed by atoms with Gasteiger partial charge in [0.05, 0.1) is 0 Å². The van der Waals surface area contributed by atoms with Gasteiger partial charge in [0.25, 0.3) is 0 Å². The van der Waals surface area contributed by atoms with Crippen LogP contribution in [0.2, 0.25) is 5.02 Å². The largest absolute Gasteiger partial charge is 0.455 e. The highest BCUT2D eigenvalue weighted by Crippen LogP contribution is 2.10. The lowest BCUT2D eigenvalue weighted by molar-refractivity contribution is 0.0163. The summed E-state index contributed by atoms with van der Waals surface area (Å²) in [6.45, 7) is 1.43. The molecular formula is C9H9ClN2O2. The van der Waals surface area contributed by atoms with Gasteiger partial charge in [0, 0.05) is 24.3 Å². The molecule has 0 bridgehead atoms. The summed E-state index contributed by atoms with van der Waals surface area (Å²) in [5, 5.41) is 3.49. The Hall–Kier alpha value is -1.13. The minimum atomic E-state index is -0.418. The molecule has 74 valence electrons. The fourth-order valence-corrected chi connectivity index (χ4v) is 1.23. The molecular weight excluding hydrogens is 204 g/mol. The molecule has 0 amide bonds. The summed E-state index contributed by atoms with van der Waals surface area (Å²) in [6.07, 6.45) is 1.46. The summed E-state index contributed by atoms with van der Waals surface area (Å²) in [6, 6.07) is 3.11. The highest BCUT2D eigenvalue weighted by Gasteiger charge is 2.22. The van der Waals surface area contributed by atoms with Gasteiger partial charge in [0.15, 0.2) is 0 Å². The average molecular weight is 213 g/mol. The third-order valence-electron chi connectivity index (χ3n) is 1.95. The Bertz CT molecular complexity index is 352. The smallest absolute Gasteiger partial charge is 0.357 e. The second kappa shape index (κ2) is 3.94. The Balaban J connectivity index is 2.02. The van der Waals surface area contributed by atoms with Crippen molar-refractivity contribution in [3.8, 4) is 0 Å². The fraction of sp³-hybridized carbons (Fsp3) is 0.333. The molecule has 14 heavy (non-hydrogen) atoms. The predicted octanol–water partition coefficient (Wildman–Crippen LogP) is 0.864. The van der Waals surface area contributed by atoms with Crippen molar-refractivity contribution in [1.29, 1.82) is 0 Å². The Morgan fingerprint density at radius 3 is 3.00 bits per heavy atom. The van der Waals surface area contributed by atoms with E-state index in [1.807, 2.05) is 0 Å². The Morgan fingerprint density at radius 1 is 1.64 bits per heavy atom. The molecule has 1 aliphatic heterocycles. The minimum Gasteiger partial charge on any atom is -0.455 e. The number of esters is 1. The van der Waals surface area contributed by atoms with E-state index in [0.717, 1.165) is 0 Å². The van der Waals surface area contributed by atoms with Gasteiger partial charge in [-0.3, -0.25) is 0 Å². The molecule has 0 atom stereocenters. The number of rotatable bonds is 2. The second-order valence-electron chi connectivity index (χ2n) is 3.04. The topological polar surface area (TPSA) is 51.2 Å². The van der Waals surface area contributed by atoms with Gasteiger partial charge < -0.3 is 10.1 Å². The quantitative estimate of drug-likeness (QED) is 0.739. The number of hydrogen-bond donors (Lipinski definition) is 1. The first-order valence-corrected chi connectivity index (χ1v) is 4.67. The molecule has 0 saturated carbocycles.